The van der Waals surface area contributed by atoms with E-state index in [0.29, 0.717) is 24.4 Å². The SMILES string of the molecule is Cc1ncc(-c2ccncc2C)c(C2CCCCN2S(=O)(=O)c2ccc(F)c(F)c2)n1. The molecular formula is C22H22F2N4O2S. The van der Waals surface area contributed by atoms with E-state index in [2.05, 4.69) is 15.0 Å². The lowest BCUT2D eigenvalue weighted by Crippen LogP contribution is -2.39. The zero-order valence-electron chi connectivity index (χ0n) is 17.2. The molecule has 0 bridgehead atoms. The highest BCUT2D eigenvalue weighted by molar-refractivity contribution is 7.89. The number of halogens is 2. The Morgan fingerprint density at radius 1 is 1.03 bits per heavy atom. The van der Waals surface area contributed by atoms with Crippen molar-refractivity contribution in [1.29, 1.82) is 0 Å². The van der Waals surface area contributed by atoms with Crippen LogP contribution in [0.3, 0.4) is 0 Å². The lowest BCUT2D eigenvalue weighted by molar-refractivity contribution is 0.251. The molecule has 1 aliphatic rings. The Balaban J connectivity index is 1.84. The van der Waals surface area contributed by atoms with Gasteiger partial charge in [0.15, 0.2) is 11.6 Å². The highest BCUT2D eigenvalue weighted by atomic mass is 32.2. The molecule has 6 nitrogen and oxygen atoms in total. The lowest BCUT2D eigenvalue weighted by atomic mass is 9.94. The van der Waals surface area contributed by atoms with Crippen LogP contribution in [0, 0.1) is 25.5 Å². The minimum Gasteiger partial charge on any atom is -0.264 e. The Hall–Kier alpha value is -2.78. The standard InChI is InChI=1S/C22H22F2N4O2S/c1-14-12-25-9-8-17(14)18-13-26-15(2)27-22(18)21-5-3-4-10-28(21)31(29,30)16-6-7-19(23)20(24)11-16/h6-9,11-13,21H,3-5,10H2,1-2H3. The fourth-order valence-corrected chi connectivity index (χ4v) is 5.64. The van der Waals surface area contributed by atoms with E-state index < -0.39 is 27.7 Å². The summed E-state index contributed by atoms with van der Waals surface area (Å²) < 4.78 is 55.4. The summed E-state index contributed by atoms with van der Waals surface area (Å²) in [6.45, 7) is 3.94. The van der Waals surface area contributed by atoms with Crippen LogP contribution in [0.1, 0.15) is 42.4 Å². The van der Waals surface area contributed by atoms with E-state index in [1.165, 1.54) is 4.31 Å². The van der Waals surface area contributed by atoms with Gasteiger partial charge in [0.1, 0.15) is 5.82 Å². The molecule has 1 aromatic carbocycles. The first-order valence-electron chi connectivity index (χ1n) is 10.0. The van der Waals surface area contributed by atoms with Gasteiger partial charge >= 0.3 is 0 Å². The molecule has 4 rings (SSSR count). The fourth-order valence-electron chi connectivity index (χ4n) is 3.96. The molecule has 0 radical (unpaired) electrons. The number of sulfonamides is 1. The summed E-state index contributed by atoms with van der Waals surface area (Å²) in [5.74, 6) is -1.75. The van der Waals surface area contributed by atoms with Crippen molar-refractivity contribution in [2.45, 2.75) is 44.0 Å². The minimum atomic E-state index is -4.07. The van der Waals surface area contributed by atoms with Crippen molar-refractivity contribution in [2.75, 3.05) is 6.54 Å². The highest BCUT2D eigenvalue weighted by Gasteiger charge is 2.37. The van der Waals surface area contributed by atoms with Crippen molar-refractivity contribution < 1.29 is 17.2 Å². The number of hydrogen-bond acceptors (Lipinski definition) is 5. The molecule has 1 fully saturated rings. The molecule has 162 valence electrons. The van der Waals surface area contributed by atoms with Gasteiger partial charge in [-0.3, -0.25) is 4.98 Å². The molecule has 1 unspecified atom stereocenters. The van der Waals surface area contributed by atoms with Crippen molar-refractivity contribution in [3.05, 3.63) is 71.6 Å². The molecule has 0 N–H and O–H groups in total. The Morgan fingerprint density at radius 3 is 2.58 bits per heavy atom. The van der Waals surface area contributed by atoms with Gasteiger partial charge < -0.3 is 0 Å². The Kier molecular flexibility index (Phi) is 5.81. The van der Waals surface area contributed by atoms with E-state index in [0.717, 1.165) is 41.3 Å². The van der Waals surface area contributed by atoms with Gasteiger partial charge in [-0.25, -0.2) is 27.2 Å². The first kappa shape index (κ1) is 21.5. The number of hydrogen-bond donors (Lipinski definition) is 0. The van der Waals surface area contributed by atoms with Crippen molar-refractivity contribution >= 4 is 10.0 Å². The summed E-state index contributed by atoms with van der Waals surface area (Å²) in [7, 11) is -4.07. The van der Waals surface area contributed by atoms with Crippen LogP contribution in [-0.4, -0.2) is 34.2 Å². The number of aromatic nitrogens is 3. The molecule has 0 aliphatic carbocycles. The molecule has 3 aromatic rings. The van der Waals surface area contributed by atoms with Gasteiger partial charge in [-0.05, 0) is 62.1 Å². The summed E-state index contributed by atoms with van der Waals surface area (Å²) in [5.41, 5.74) is 3.14. The van der Waals surface area contributed by atoms with Gasteiger partial charge in [-0.2, -0.15) is 4.31 Å². The number of aryl methyl sites for hydroxylation is 2. The van der Waals surface area contributed by atoms with Gasteiger partial charge in [0.25, 0.3) is 0 Å². The Morgan fingerprint density at radius 2 is 1.84 bits per heavy atom. The first-order valence-corrected chi connectivity index (χ1v) is 11.4. The quantitative estimate of drug-likeness (QED) is 0.598. The van der Waals surface area contributed by atoms with E-state index >= 15 is 0 Å². The van der Waals surface area contributed by atoms with Gasteiger partial charge in [0.2, 0.25) is 10.0 Å². The van der Waals surface area contributed by atoms with Gasteiger partial charge in [0.05, 0.1) is 16.6 Å². The molecule has 2 aromatic heterocycles. The van der Waals surface area contributed by atoms with Crippen LogP contribution >= 0.6 is 0 Å². The summed E-state index contributed by atoms with van der Waals surface area (Å²) in [6, 6.07) is 3.97. The monoisotopic (exact) mass is 444 g/mol. The third-order valence-electron chi connectivity index (χ3n) is 5.52. The van der Waals surface area contributed by atoms with E-state index in [1.54, 1.807) is 25.5 Å². The van der Waals surface area contributed by atoms with Crippen LogP contribution in [0.4, 0.5) is 8.78 Å². The second-order valence-corrected chi connectivity index (χ2v) is 9.50. The molecule has 0 amide bonds. The first-order chi connectivity index (χ1) is 14.8. The van der Waals surface area contributed by atoms with Crippen molar-refractivity contribution in [2.24, 2.45) is 0 Å². The average molecular weight is 445 g/mol. The van der Waals surface area contributed by atoms with Crippen LogP contribution in [0.2, 0.25) is 0 Å². The number of nitrogens with zero attached hydrogens (tertiary/aromatic N) is 4. The van der Waals surface area contributed by atoms with Gasteiger partial charge in [0, 0.05) is 30.7 Å². The average Bonchev–Trinajstić information content (AvgIpc) is 2.76. The topological polar surface area (TPSA) is 76.1 Å². The summed E-state index contributed by atoms with van der Waals surface area (Å²) in [6.07, 6.45) is 7.17. The van der Waals surface area contributed by atoms with Crippen LogP contribution < -0.4 is 0 Å². The lowest BCUT2D eigenvalue weighted by Gasteiger charge is -2.35. The van der Waals surface area contributed by atoms with E-state index in [4.69, 9.17) is 0 Å². The zero-order chi connectivity index (χ0) is 22.2. The highest BCUT2D eigenvalue weighted by Crippen LogP contribution is 2.39. The van der Waals surface area contributed by atoms with Gasteiger partial charge in [-0.15, -0.1) is 0 Å². The number of pyridine rings is 1. The van der Waals surface area contributed by atoms with Crippen molar-refractivity contribution in [1.82, 2.24) is 19.3 Å². The molecule has 1 aliphatic heterocycles. The summed E-state index contributed by atoms with van der Waals surface area (Å²) in [5, 5.41) is 0. The maximum atomic E-state index is 13.8. The van der Waals surface area contributed by atoms with E-state index in [-0.39, 0.29) is 11.4 Å². The number of benzene rings is 1. The Bertz CT molecular complexity index is 1230. The normalized spacial score (nSPS) is 17.6. The van der Waals surface area contributed by atoms with E-state index in [9.17, 15) is 17.2 Å². The molecule has 3 heterocycles. The number of piperidine rings is 1. The molecule has 0 spiro atoms. The fraction of sp³-hybridized carbons (Fsp3) is 0.318. The molecule has 1 atom stereocenters. The molecular weight excluding hydrogens is 422 g/mol. The van der Waals surface area contributed by atoms with E-state index in [1.807, 2.05) is 13.0 Å². The maximum absolute atomic E-state index is 13.8. The predicted octanol–water partition coefficient (Wildman–Crippen LogP) is 4.35. The van der Waals surface area contributed by atoms with Gasteiger partial charge in [-0.1, -0.05) is 6.42 Å². The van der Waals surface area contributed by atoms with Crippen LogP contribution in [0.25, 0.3) is 11.1 Å². The zero-order valence-corrected chi connectivity index (χ0v) is 18.0. The van der Waals surface area contributed by atoms with Crippen LogP contribution in [-0.2, 0) is 10.0 Å². The molecule has 1 saturated heterocycles. The third-order valence-corrected chi connectivity index (χ3v) is 7.42. The molecule has 31 heavy (non-hydrogen) atoms. The van der Waals surface area contributed by atoms with Crippen molar-refractivity contribution in [3.63, 3.8) is 0 Å². The predicted molar refractivity (Wildman–Crippen MR) is 112 cm³/mol. The second kappa shape index (κ2) is 8.39. The second-order valence-electron chi connectivity index (χ2n) is 7.61. The van der Waals surface area contributed by atoms with Crippen molar-refractivity contribution in [3.8, 4) is 11.1 Å². The third kappa shape index (κ3) is 4.07. The Labute approximate surface area is 180 Å². The minimum absolute atomic E-state index is 0.268. The van der Waals surface area contributed by atoms with Crippen LogP contribution in [0.5, 0.6) is 0 Å². The number of rotatable bonds is 4. The maximum Gasteiger partial charge on any atom is 0.243 e. The largest absolute Gasteiger partial charge is 0.264 e. The van der Waals surface area contributed by atoms with Crippen LogP contribution in [0.15, 0.2) is 47.8 Å². The summed E-state index contributed by atoms with van der Waals surface area (Å²) >= 11 is 0. The summed E-state index contributed by atoms with van der Waals surface area (Å²) in [4.78, 5) is 12.8. The smallest absolute Gasteiger partial charge is 0.243 e. The molecule has 0 saturated carbocycles. The molecule has 9 heteroatoms.